The standard InChI is InChI=1S/C40H44F2N8O7S2/c41-29-17-25-31(49(23-1-2-23)21-27(35(25)51)37(53)54)19-33(29)45-7-11-47(12-8-45)39(58)43-5-15-57-16-6-44-40(59)48-13-9-46(10-14-48)34-20-32-26(18-30(34)42)36(52)28(38(55)56)22-50(32)24-3-4-24/h17-24H,1-16H2,(H,43,58)(H,44,59)(H,53,54)(H,55,56). The highest BCUT2D eigenvalue weighted by atomic mass is 32.1. The Bertz CT molecular complexity index is 2310. The van der Waals surface area contributed by atoms with Crippen molar-refractivity contribution in [2.45, 2.75) is 37.8 Å². The number of aromatic nitrogens is 2. The highest BCUT2D eigenvalue weighted by molar-refractivity contribution is 7.80. The summed E-state index contributed by atoms with van der Waals surface area (Å²) in [6.45, 7) is 6.04. The number of hydrogen-bond acceptors (Lipinski definition) is 9. The van der Waals surface area contributed by atoms with Gasteiger partial charge in [0.1, 0.15) is 22.8 Å². The zero-order valence-electron chi connectivity index (χ0n) is 32.1. The van der Waals surface area contributed by atoms with Gasteiger partial charge in [-0.2, -0.15) is 0 Å². The number of benzene rings is 2. The fraction of sp³-hybridized carbons (Fsp3) is 0.450. The molecule has 8 rings (SSSR count). The molecule has 2 aromatic carbocycles. The van der Waals surface area contributed by atoms with E-state index < -0.39 is 34.4 Å². The van der Waals surface area contributed by atoms with Crippen molar-refractivity contribution in [3.63, 3.8) is 0 Å². The Balaban J connectivity index is 0.749. The van der Waals surface area contributed by atoms with Crippen molar-refractivity contribution in [2.75, 3.05) is 88.5 Å². The molecule has 4 heterocycles. The molecule has 0 spiro atoms. The summed E-state index contributed by atoms with van der Waals surface area (Å²) in [6.07, 6.45) is 6.25. The highest BCUT2D eigenvalue weighted by Gasteiger charge is 2.31. The van der Waals surface area contributed by atoms with Crippen LogP contribution in [0.5, 0.6) is 0 Å². The summed E-state index contributed by atoms with van der Waals surface area (Å²) in [5, 5.41) is 26.8. The fourth-order valence-corrected chi connectivity index (χ4v) is 8.47. The first-order valence-electron chi connectivity index (χ1n) is 19.8. The number of nitrogens with one attached hydrogen (secondary N) is 2. The summed E-state index contributed by atoms with van der Waals surface area (Å²) in [5.41, 5.74) is -0.269. The molecule has 2 aliphatic carbocycles. The van der Waals surface area contributed by atoms with Crippen molar-refractivity contribution in [2.24, 2.45) is 0 Å². The molecule has 15 nitrogen and oxygen atoms in total. The van der Waals surface area contributed by atoms with Crippen LogP contribution in [0.4, 0.5) is 20.2 Å². The van der Waals surface area contributed by atoms with Gasteiger partial charge in [-0.3, -0.25) is 9.59 Å². The molecule has 0 bridgehead atoms. The molecule has 2 aliphatic heterocycles. The minimum absolute atomic E-state index is 0.0694. The Hall–Kier alpha value is -5.40. The van der Waals surface area contributed by atoms with Crippen LogP contribution in [0.3, 0.4) is 0 Å². The van der Waals surface area contributed by atoms with Crippen LogP contribution in [0.25, 0.3) is 21.8 Å². The van der Waals surface area contributed by atoms with Crippen molar-refractivity contribution >= 4 is 79.8 Å². The highest BCUT2D eigenvalue weighted by Crippen LogP contribution is 2.39. The van der Waals surface area contributed by atoms with Crippen LogP contribution < -0.4 is 31.3 Å². The third kappa shape index (κ3) is 8.40. The van der Waals surface area contributed by atoms with E-state index in [9.17, 15) is 29.4 Å². The molecule has 19 heteroatoms. The summed E-state index contributed by atoms with van der Waals surface area (Å²) in [5.74, 6) is -3.79. The number of hydrogen-bond donors (Lipinski definition) is 4. The number of ether oxygens (including phenoxy) is 1. The molecule has 4 aromatic rings. The average molecular weight is 851 g/mol. The van der Waals surface area contributed by atoms with Crippen LogP contribution in [-0.4, -0.2) is 130 Å². The maximum absolute atomic E-state index is 15.4. The molecule has 312 valence electrons. The van der Waals surface area contributed by atoms with E-state index in [0.29, 0.717) is 111 Å². The van der Waals surface area contributed by atoms with Gasteiger partial charge in [0.15, 0.2) is 10.2 Å². The first kappa shape index (κ1) is 40.4. The zero-order valence-corrected chi connectivity index (χ0v) is 33.8. The second-order valence-corrected chi connectivity index (χ2v) is 16.1. The van der Waals surface area contributed by atoms with Crippen LogP contribution in [0.2, 0.25) is 0 Å². The number of carbonyl (C=O) groups is 2. The summed E-state index contributed by atoms with van der Waals surface area (Å²) in [7, 11) is 0. The molecule has 4 N–H and O–H groups in total. The molecule has 0 unspecified atom stereocenters. The van der Waals surface area contributed by atoms with Gasteiger partial charge in [-0.15, -0.1) is 0 Å². The minimum Gasteiger partial charge on any atom is -0.477 e. The fourth-order valence-electron chi connectivity index (χ4n) is 7.90. The van der Waals surface area contributed by atoms with Gasteiger partial charge in [0.2, 0.25) is 10.9 Å². The number of nitrogens with zero attached hydrogens (tertiary/aromatic N) is 6. The van der Waals surface area contributed by atoms with Crippen molar-refractivity contribution in [1.29, 1.82) is 0 Å². The van der Waals surface area contributed by atoms with Crippen molar-refractivity contribution < 1.29 is 33.3 Å². The number of carboxylic acids is 2. The Morgan fingerprint density at radius 3 is 1.36 bits per heavy atom. The number of piperazine rings is 2. The SMILES string of the molecule is O=C(O)c1cn(C2CC2)c2cc(N3CCN(C(=S)NCCOCCNC(=S)N4CCN(c5cc6c(cc5F)c(=O)c(C(=O)O)cn6C5CC5)CC4)CC3)c(F)cc2c1=O. The van der Waals surface area contributed by atoms with Crippen molar-refractivity contribution in [3.8, 4) is 0 Å². The summed E-state index contributed by atoms with van der Waals surface area (Å²) in [4.78, 5) is 56.9. The number of aromatic carboxylic acids is 2. The molecule has 59 heavy (non-hydrogen) atoms. The van der Waals surface area contributed by atoms with Crippen LogP contribution in [0, 0.1) is 11.6 Å². The second-order valence-electron chi connectivity index (χ2n) is 15.3. The predicted molar refractivity (Wildman–Crippen MR) is 226 cm³/mol. The van der Waals surface area contributed by atoms with Crippen LogP contribution in [0.15, 0.2) is 46.2 Å². The third-order valence-corrected chi connectivity index (χ3v) is 12.2. The molecule has 4 fully saturated rings. The number of rotatable bonds is 12. The van der Waals surface area contributed by atoms with E-state index in [4.69, 9.17) is 29.2 Å². The molecule has 0 amide bonds. The quantitative estimate of drug-likeness (QED) is 0.121. The Labute approximate surface area is 347 Å². The molecular formula is C40H44F2N8O7S2. The monoisotopic (exact) mass is 850 g/mol. The number of pyridine rings is 2. The third-order valence-electron chi connectivity index (χ3n) is 11.4. The Morgan fingerprint density at radius 1 is 0.644 bits per heavy atom. The molecular weight excluding hydrogens is 807 g/mol. The lowest BCUT2D eigenvalue weighted by molar-refractivity contribution is 0.0684. The molecule has 0 radical (unpaired) electrons. The van der Waals surface area contributed by atoms with Gasteiger partial charge >= 0.3 is 11.9 Å². The van der Waals surface area contributed by atoms with Crippen LogP contribution in [-0.2, 0) is 4.74 Å². The topological polar surface area (TPSA) is 165 Å². The summed E-state index contributed by atoms with van der Waals surface area (Å²) < 4.78 is 40.2. The largest absolute Gasteiger partial charge is 0.477 e. The van der Waals surface area contributed by atoms with Crippen LogP contribution >= 0.6 is 24.4 Å². The van der Waals surface area contributed by atoms with E-state index in [2.05, 4.69) is 10.6 Å². The number of anilines is 2. The van der Waals surface area contributed by atoms with Gasteiger partial charge in [0.25, 0.3) is 0 Å². The number of halogens is 2. The maximum Gasteiger partial charge on any atom is 0.341 e. The van der Waals surface area contributed by atoms with E-state index in [0.717, 1.165) is 37.8 Å². The number of thiocarbonyl (C=S) groups is 2. The first-order valence-corrected chi connectivity index (χ1v) is 20.6. The van der Waals surface area contributed by atoms with E-state index in [1.807, 2.05) is 19.6 Å². The number of carboxylic acid groups (broad SMARTS) is 2. The Morgan fingerprint density at radius 2 is 1.02 bits per heavy atom. The van der Waals surface area contributed by atoms with E-state index in [-0.39, 0.29) is 34.0 Å². The number of fused-ring (bicyclic) bond motifs is 2. The summed E-state index contributed by atoms with van der Waals surface area (Å²) in [6, 6.07) is 5.84. The van der Waals surface area contributed by atoms with Gasteiger partial charge in [0.05, 0.1) is 35.6 Å². The van der Waals surface area contributed by atoms with Crippen molar-refractivity contribution in [3.05, 3.63) is 79.9 Å². The van der Waals surface area contributed by atoms with Crippen molar-refractivity contribution in [1.82, 2.24) is 29.6 Å². The van der Waals surface area contributed by atoms with E-state index in [1.54, 1.807) is 21.3 Å². The lowest BCUT2D eigenvalue weighted by atomic mass is 10.1. The van der Waals surface area contributed by atoms with Gasteiger partial charge in [-0.05, 0) is 74.4 Å². The van der Waals surface area contributed by atoms with Gasteiger partial charge in [-0.1, -0.05) is 0 Å². The van der Waals surface area contributed by atoms with E-state index in [1.165, 1.54) is 12.4 Å². The average Bonchev–Trinajstić information content (AvgIpc) is 4.16. The molecule has 2 saturated heterocycles. The van der Waals surface area contributed by atoms with Gasteiger partial charge < -0.3 is 54.3 Å². The maximum atomic E-state index is 15.4. The normalized spacial score (nSPS) is 17.1. The van der Waals surface area contributed by atoms with Gasteiger partial charge in [0, 0.05) is 101 Å². The van der Waals surface area contributed by atoms with E-state index >= 15 is 8.78 Å². The van der Waals surface area contributed by atoms with Gasteiger partial charge in [-0.25, -0.2) is 18.4 Å². The lowest BCUT2D eigenvalue weighted by Crippen LogP contribution is -2.52. The molecule has 2 aromatic heterocycles. The molecule has 4 aliphatic rings. The smallest absolute Gasteiger partial charge is 0.341 e. The first-order chi connectivity index (χ1) is 28.4. The zero-order chi connectivity index (χ0) is 41.5. The van der Waals surface area contributed by atoms with Crippen LogP contribution in [0.1, 0.15) is 58.5 Å². The molecule has 0 atom stereocenters. The predicted octanol–water partition coefficient (Wildman–Crippen LogP) is 3.37. The summed E-state index contributed by atoms with van der Waals surface area (Å²) >= 11 is 11.2. The minimum atomic E-state index is -1.32. The molecule has 2 saturated carbocycles. The Kier molecular flexibility index (Phi) is 11.4. The second kappa shape index (κ2) is 16.7. The lowest BCUT2D eigenvalue weighted by Gasteiger charge is -2.37.